The van der Waals surface area contributed by atoms with E-state index in [4.69, 9.17) is 4.74 Å². The zero-order valence-corrected chi connectivity index (χ0v) is 15.1. The molecule has 2 aromatic heterocycles. The first kappa shape index (κ1) is 18.9. The van der Waals surface area contributed by atoms with Crippen LogP contribution in [-0.2, 0) is 6.18 Å². The van der Waals surface area contributed by atoms with Crippen molar-refractivity contribution in [2.75, 3.05) is 11.9 Å². The number of aryl methyl sites for hydroxylation is 1. The van der Waals surface area contributed by atoms with Gasteiger partial charge in [0.15, 0.2) is 0 Å². The van der Waals surface area contributed by atoms with E-state index in [0.29, 0.717) is 40.6 Å². The van der Waals surface area contributed by atoms with Crippen LogP contribution in [0.15, 0.2) is 36.5 Å². The standard InChI is InChI=1S/C19H19F3N4O/c1-4-27-17-9-15-16(10-23-17)25-12(3)26-18(15)24-11(2)13-6-5-7-14(8-13)19(20,21)22/h5-11H,4H2,1-3H3,(H,24,25,26)/t11-/m1/s1. The van der Waals surface area contributed by atoms with E-state index < -0.39 is 17.8 Å². The molecule has 1 N–H and O–H groups in total. The van der Waals surface area contributed by atoms with E-state index in [1.165, 1.54) is 6.07 Å². The molecule has 5 nitrogen and oxygen atoms in total. The molecular formula is C19H19F3N4O. The van der Waals surface area contributed by atoms with Crippen LogP contribution in [0.3, 0.4) is 0 Å². The number of hydrogen-bond donors (Lipinski definition) is 1. The third kappa shape index (κ3) is 4.27. The molecular weight excluding hydrogens is 357 g/mol. The first-order valence-corrected chi connectivity index (χ1v) is 8.49. The fourth-order valence-electron chi connectivity index (χ4n) is 2.74. The van der Waals surface area contributed by atoms with Crippen molar-refractivity contribution in [3.05, 3.63) is 53.5 Å². The number of nitrogens with one attached hydrogen (secondary N) is 1. The SMILES string of the molecule is CCOc1cc2c(N[C@H](C)c3cccc(C(F)(F)F)c3)nc(C)nc2cn1. The van der Waals surface area contributed by atoms with Crippen LogP contribution in [0.25, 0.3) is 10.9 Å². The van der Waals surface area contributed by atoms with Crippen LogP contribution in [0.2, 0.25) is 0 Å². The number of benzene rings is 1. The zero-order chi connectivity index (χ0) is 19.6. The first-order valence-electron chi connectivity index (χ1n) is 8.49. The molecule has 3 aromatic rings. The molecule has 1 atom stereocenters. The molecule has 0 bridgehead atoms. The Kier molecular flexibility index (Phi) is 5.16. The van der Waals surface area contributed by atoms with Gasteiger partial charge in [-0.15, -0.1) is 0 Å². The van der Waals surface area contributed by atoms with Crippen molar-refractivity contribution in [3.8, 4) is 5.88 Å². The number of nitrogens with zero attached hydrogens (tertiary/aromatic N) is 3. The maximum absolute atomic E-state index is 13.0. The summed E-state index contributed by atoms with van der Waals surface area (Å²) in [5.74, 6) is 1.49. The Labute approximate surface area is 154 Å². The van der Waals surface area contributed by atoms with E-state index in [-0.39, 0.29) is 0 Å². The van der Waals surface area contributed by atoms with Crippen LogP contribution in [0.1, 0.15) is 36.8 Å². The van der Waals surface area contributed by atoms with Crippen LogP contribution in [0.4, 0.5) is 19.0 Å². The van der Waals surface area contributed by atoms with Crippen molar-refractivity contribution in [2.45, 2.75) is 33.0 Å². The lowest BCUT2D eigenvalue weighted by molar-refractivity contribution is -0.137. The molecule has 3 rings (SSSR count). The molecule has 0 spiro atoms. The van der Waals surface area contributed by atoms with Crippen molar-refractivity contribution in [2.24, 2.45) is 0 Å². The van der Waals surface area contributed by atoms with Gasteiger partial charge in [0.25, 0.3) is 0 Å². The molecule has 142 valence electrons. The summed E-state index contributed by atoms with van der Waals surface area (Å²) in [4.78, 5) is 12.9. The molecule has 0 saturated heterocycles. The minimum Gasteiger partial charge on any atom is -0.478 e. The summed E-state index contributed by atoms with van der Waals surface area (Å²) in [6.07, 6.45) is -2.79. The highest BCUT2D eigenvalue weighted by Gasteiger charge is 2.30. The first-order chi connectivity index (χ1) is 12.8. The molecule has 0 amide bonds. The van der Waals surface area contributed by atoms with E-state index in [2.05, 4.69) is 20.3 Å². The fourth-order valence-corrected chi connectivity index (χ4v) is 2.74. The van der Waals surface area contributed by atoms with Crippen molar-refractivity contribution >= 4 is 16.7 Å². The normalized spacial score (nSPS) is 12.8. The smallest absolute Gasteiger partial charge is 0.416 e. The Balaban J connectivity index is 1.97. The van der Waals surface area contributed by atoms with Gasteiger partial charge in [0, 0.05) is 17.5 Å². The number of ether oxygens (including phenoxy) is 1. The molecule has 0 unspecified atom stereocenters. The Morgan fingerprint density at radius 1 is 1.19 bits per heavy atom. The number of hydrogen-bond acceptors (Lipinski definition) is 5. The van der Waals surface area contributed by atoms with Gasteiger partial charge in [0.05, 0.1) is 23.9 Å². The second-order valence-electron chi connectivity index (χ2n) is 6.08. The van der Waals surface area contributed by atoms with Gasteiger partial charge in [0.2, 0.25) is 5.88 Å². The molecule has 0 radical (unpaired) electrons. The van der Waals surface area contributed by atoms with Crippen molar-refractivity contribution < 1.29 is 17.9 Å². The lowest BCUT2D eigenvalue weighted by atomic mass is 10.0. The maximum atomic E-state index is 13.0. The monoisotopic (exact) mass is 376 g/mol. The highest BCUT2D eigenvalue weighted by atomic mass is 19.4. The van der Waals surface area contributed by atoms with Gasteiger partial charge in [-0.2, -0.15) is 13.2 Å². The number of pyridine rings is 1. The average molecular weight is 376 g/mol. The number of rotatable bonds is 5. The van der Waals surface area contributed by atoms with E-state index >= 15 is 0 Å². The fraction of sp³-hybridized carbons (Fsp3) is 0.316. The van der Waals surface area contributed by atoms with E-state index in [9.17, 15) is 13.2 Å². The minimum absolute atomic E-state index is 0.395. The van der Waals surface area contributed by atoms with Crippen molar-refractivity contribution in [3.63, 3.8) is 0 Å². The number of fused-ring (bicyclic) bond motifs is 1. The number of aromatic nitrogens is 3. The molecule has 27 heavy (non-hydrogen) atoms. The summed E-state index contributed by atoms with van der Waals surface area (Å²) in [6, 6.07) is 6.57. The highest BCUT2D eigenvalue weighted by Crippen LogP contribution is 2.32. The topological polar surface area (TPSA) is 59.9 Å². The maximum Gasteiger partial charge on any atom is 0.416 e. The summed E-state index contributed by atoms with van der Waals surface area (Å²) >= 11 is 0. The summed E-state index contributed by atoms with van der Waals surface area (Å²) in [6.45, 7) is 5.85. The Bertz CT molecular complexity index is 959. The van der Waals surface area contributed by atoms with Gasteiger partial charge in [-0.05, 0) is 38.5 Å². The second kappa shape index (κ2) is 7.38. The molecule has 0 aliphatic carbocycles. The van der Waals surface area contributed by atoms with Crippen LogP contribution in [0, 0.1) is 6.92 Å². The largest absolute Gasteiger partial charge is 0.478 e. The Morgan fingerprint density at radius 3 is 2.67 bits per heavy atom. The number of alkyl halides is 3. The van der Waals surface area contributed by atoms with Crippen molar-refractivity contribution in [1.29, 1.82) is 0 Å². The van der Waals surface area contributed by atoms with E-state index in [1.54, 1.807) is 32.2 Å². The molecule has 8 heteroatoms. The molecule has 0 fully saturated rings. The average Bonchev–Trinajstić information content (AvgIpc) is 2.61. The van der Waals surface area contributed by atoms with Crippen LogP contribution < -0.4 is 10.1 Å². The summed E-state index contributed by atoms with van der Waals surface area (Å²) in [5, 5.41) is 3.88. The predicted molar refractivity (Wildman–Crippen MR) is 96.7 cm³/mol. The van der Waals surface area contributed by atoms with Crippen LogP contribution >= 0.6 is 0 Å². The van der Waals surface area contributed by atoms with Gasteiger partial charge in [-0.25, -0.2) is 15.0 Å². The Morgan fingerprint density at radius 2 is 1.96 bits per heavy atom. The summed E-state index contributed by atoms with van der Waals surface area (Å²) in [5.41, 5.74) is 0.457. The third-order valence-electron chi connectivity index (χ3n) is 4.03. The summed E-state index contributed by atoms with van der Waals surface area (Å²) < 4.78 is 44.3. The predicted octanol–water partition coefficient (Wildman–Crippen LogP) is 4.92. The van der Waals surface area contributed by atoms with E-state index in [0.717, 1.165) is 12.1 Å². The third-order valence-corrected chi connectivity index (χ3v) is 4.03. The van der Waals surface area contributed by atoms with Gasteiger partial charge >= 0.3 is 6.18 Å². The van der Waals surface area contributed by atoms with Gasteiger partial charge in [-0.1, -0.05) is 12.1 Å². The molecule has 0 aliphatic heterocycles. The van der Waals surface area contributed by atoms with Crippen LogP contribution in [0.5, 0.6) is 5.88 Å². The lowest BCUT2D eigenvalue weighted by Gasteiger charge is -2.18. The van der Waals surface area contributed by atoms with Gasteiger partial charge in [-0.3, -0.25) is 0 Å². The van der Waals surface area contributed by atoms with Crippen LogP contribution in [-0.4, -0.2) is 21.6 Å². The molecule has 1 aromatic carbocycles. The Hall–Kier alpha value is -2.90. The number of anilines is 1. The number of halogens is 3. The van der Waals surface area contributed by atoms with Crippen molar-refractivity contribution in [1.82, 2.24) is 15.0 Å². The lowest BCUT2D eigenvalue weighted by Crippen LogP contribution is -2.12. The van der Waals surface area contributed by atoms with Gasteiger partial charge in [0.1, 0.15) is 11.6 Å². The minimum atomic E-state index is -4.38. The van der Waals surface area contributed by atoms with Gasteiger partial charge < -0.3 is 10.1 Å². The quantitative estimate of drug-likeness (QED) is 0.685. The molecule has 0 aliphatic rings. The molecule has 2 heterocycles. The zero-order valence-electron chi connectivity index (χ0n) is 15.1. The van der Waals surface area contributed by atoms with E-state index in [1.807, 2.05) is 6.92 Å². The highest BCUT2D eigenvalue weighted by molar-refractivity contribution is 5.89. The molecule has 0 saturated carbocycles. The summed E-state index contributed by atoms with van der Waals surface area (Å²) in [7, 11) is 0. The second-order valence-corrected chi connectivity index (χ2v) is 6.08.